The number of nitrogens with zero attached hydrogens (tertiary/aromatic N) is 2. The van der Waals surface area contributed by atoms with E-state index in [-0.39, 0.29) is 16.7 Å². The van der Waals surface area contributed by atoms with Crippen molar-refractivity contribution in [2.45, 2.75) is 33.0 Å². The van der Waals surface area contributed by atoms with E-state index in [2.05, 4.69) is 10.4 Å². The van der Waals surface area contributed by atoms with Crippen LogP contribution < -0.4 is 10.7 Å². The molecule has 0 bridgehead atoms. The summed E-state index contributed by atoms with van der Waals surface area (Å²) < 4.78 is 52.8. The lowest BCUT2D eigenvalue weighted by Crippen LogP contribution is -2.15. The fraction of sp³-hybridized carbons (Fsp3) is 0.233. The smallest absolute Gasteiger partial charge is 0.416 e. The van der Waals surface area contributed by atoms with E-state index < -0.39 is 23.8 Å². The summed E-state index contributed by atoms with van der Waals surface area (Å²) in [5, 5.41) is 8.78. The minimum Gasteiger partial charge on any atom is -0.465 e. The van der Waals surface area contributed by atoms with Crippen molar-refractivity contribution in [2.24, 2.45) is 7.05 Å². The number of anilines is 1. The summed E-state index contributed by atoms with van der Waals surface area (Å²) in [5.74, 6) is -0.504. The Morgan fingerprint density at radius 3 is 2.55 bits per heavy atom. The molecule has 1 N–H and O–H groups in total. The molecule has 0 radical (unpaired) electrons. The van der Waals surface area contributed by atoms with Gasteiger partial charge in [0.1, 0.15) is 11.3 Å². The molecule has 40 heavy (non-hydrogen) atoms. The van der Waals surface area contributed by atoms with E-state index in [4.69, 9.17) is 9.15 Å². The average Bonchev–Trinajstić information content (AvgIpc) is 3.28. The van der Waals surface area contributed by atoms with Crippen LogP contribution in [0.3, 0.4) is 0 Å². The lowest BCUT2D eigenvalue weighted by Gasteiger charge is -2.21. The Morgan fingerprint density at radius 1 is 1.10 bits per heavy atom. The molecule has 0 saturated heterocycles. The van der Waals surface area contributed by atoms with Gasteiger partial charge in [-0.1, -0.05) is 6.07 Å². The Labute approximate surface area is 227 Å². The molecule has 3 aromatic carbocycles. The van der Waals surface area contributed by atoms with Crippen LogP contribution in [0, 0.1) is 13.8 Å². The third kappa shape index (κ3) is 4.81. The highest BCUT2D eigenvalue weighted by molar-refractivity contribution is 5.96. The summed E-state index contributed by atoms with van der Waals surface area (Å²) >= 11 is 0. The number of carbonyl (C=O) groups is 1. The van der Waals surface area contributed by atoms with Gasteiger partial charge >= 0.3 is 12.1 Å². The molecule has 0 saturated carbocycles. The number of aromatic nitrogens is 2. The summed E-state index contributed by atoms with van der Waals surface area (Å²) in [6.07, 6.45) is -2.76. The summed E-state index contributed by atoms with van der Waals surface area (Å²) in [5.41, 5.74) is 2.44. The number of methoxy groups -OCH3 is 1. The number of fused-ring (bicyclic) bond motifs is 2. The molecule has 7 nitrogen and oxygen atoms in total. The molecule has 0 spiro atoms. The van der Waals surface area contributed by atoms with E-state index >= 15 is 0 Å². The number of hydrogen-bond donors (Lipinski definition) is 1. The Hall–Kier alpha value is -4.60. The predicted molar refractivity (Wildman–Crippen MR) is 146 cm³/mol. The zero-order valence-corrected chi connectivity index (χ0v) is 22.4. The van der Waals surface area contributed by atoms with Gasteiger partial charge in [0, 0.05) is 41.0 Å². The molecule has 5 rings (SSSR count). The van der Waals surface area contributed by atoms with Gasteiger partial charge in [0.2, 0.25) is 0 Å². The van der Waals surface area contributed by atoms with Gasteiger partial charge in [-0.15, -0.1) is 0 Å². The standard InChI is InChI=1S/C30H26F3N3O4/c1-15-10-21(17(3)34-25-9-7-20(30(31,32)33)13-22(25)29(38)39-5)28-23(11-15)26(37)16(2)27(40-28)18-6-8-24-19(12-18)14-36(4)35-24/h6-14,17,34H,1-5H3/t17-/m1/s1. The van der Waals surface area contributed by atoms with E-state index in [0.29, 0.717) is 33.4 Å². The number of halogens is 3. The van der Waals surface area contributed by atoms with Crippen LogP contribution in [0.25, 0.3) is 33.2 Å². The molecule has 1 atom stereocenters. The second-order valence-electron chi connectivity index (χ2n) is 9.81. The monoisotopic (exact) mass is 549 g/mol. The number of esters is 1. The third-order valence-electron chi connectivity index (χ3n) is 6.86. The van der Waals surface area contributed by atoms with Crippen molar-refractivity contribution in [2.75, 3.05) is 12.4 Å². The summed E-state index contributed by atoms with van der Waals surface area (Å²) in [4.78, 5) is 25.9. The van der Waals surface area contributed by atoms with E-state index in [9.17, 15) is 22.8 Å². The maximum atomic E-state index is 13.5. The van der Waals surface area contributed by atoms with Crippen molar-refractivity contribution in [1.29, 1.82) is 0 Å². The number of rotatable bonds is 5. The normalized spacial score (nSPS) is 12.6. The van der Waals surface area contributed by atoms with Crippen molar-refractivity contribution in [3.8, 4) is 11.3 Å². The molecule has 206 valence electrons. The third-order valence-corrected chi connectivity index (χ3v) is 6.86. The Kier molecular flexibility index (Phi) is 6.65. The molecule has 0 aliphatic rings. The Balaban J connectivity index is 1.64. The molecular weight excluding hydrogens is 523 g/mol. The molecule has 0 aliphatic heterocycles. The maximum Gasteiger partial charge on any atom is 0.416 e. The van der Waals surface area contributed by atoms with Crippen LogP contribution in [0.15, 0.2) is 63.9 Å². The van der Waals surface area contributed by atoms with Gasteiger partial charge in [0.15, 0.2) is 5.43 Å². The van der Waals surface area contributed by atoms with Crippen LogP contribution in [-0.2, 0) is 18.0 Å². The summed E-state index contributed by atoms with van der Waals surface area (Å²) in [6.45, 7) is 5.32. The zero-order valence-electron chi connectivity index (χ0n) is 22.4. The second kappa shape index (κ2) is 9.86. The van der Waals surface area contributed by atoms with Crippen molar-refractivity contribution in [3.63, 3.8) is 0 Å². The highest BCUT2D eigenvalue weighted by Crippen LogP contribution is 2.36. The number of hydrogen-bond acceptors (Lipinski definition) is 6. The molecule has 2 aromatic heterocycles. The number of carbonyl (C=O) groups excluding carboxylic acids is 1. The van der Waals surface area contributed by atoms with Crippen molar-refractivity contribution in [3.05, 3.63) is 92.8 Å². The quantitative estimate of drug-likeness (QED) is 0.239. The van der Waals surface area contributed by atoms with Gasteiger partial charge in [0.05, 0.1) is 35.2 Å². The topological polar surface area (TPSA) is 86.4 Å². The lowest BCUT2D eigenvalue weighted by molar-refractivity contribution is -0.137. The molecule has 0 fully saturated rings. The SMILES string of the molecule is COC(=O)c1cc(C(F)(F)F)ccc1N[C@H](C)c1cc(C)cc2c(=O)c(C)c(-c3ccc4nn(C)cc4c3)oc12. The first-order chi connectivity index (χ1) is 18.9. The van der Waals surface area contributed by atoms with E-state index in [1.165, 1.54) is 6.07 Å². The Bertz CT molecular complexity index is 1850. The van der Waals surface area contributed by atoms with Crippen LogP contribution in [0.1, 0.15) is 45.6 Å². The Morgan fingerprint density at radius 2 is 1.85 bits per heavy atom. The van der Waals surface area contributed by atoms with E-state index in [0.717, 1.165) is 35.7 Å². The van der Waals surface area contributed by atoms with Gasteiger partial charge in [-0.3, -0.25) is 9.48 Å². The van der Waals surface area contributed by atoms with E-state index in [1.807, 2.05) is 44.4 Å². The first-order valence-electron chi connectivity index (χ1n) is 12.4. The largest absolute Gasteiger partial charge is 0.465 e. The predicted octanol–water partition coefficient (Wildman–Crippen LogP) is 6.94. The molecular formula is C30H26F3N3O4. The number of alkyl halides is 3. The van der Waals surface area contributed by atoms with Crippen molar-refractivity contribution in [1.82, 2.24) is 9.78 Å². The summed E-state index contributed by atoms with van der Waals surface area (Å²) in [7, 11) is 2.93. The lowest BCUT2D eigenvalue weighted by atomic mass is 9.98. The number of benzene rings is 3. The average molecular weight is 550 g/mol. The maximum absolute atomic E-state index is 13.5. The number of nitrogens with one attached hydrogen (secondary N) is 1. The van der Waals surface area contributed by atoms with Crippen LogP contribution >= 0.6 is 0 Å². The molecule has 10 heteroatoms. The molecule has 0 unspecified atom stereocenters. The van der Waals surface area contributed by atoms with Gasteiger partial charge in [-0.2, -0.15) is 18.3 Å². The van der Waals surface area contributed by atoms with Gasteiger partial charge < -0.3 is 14.5 Å². The van der Waals surface area contributed by atoms with Gasteiger partial charge in [0.25, 0.3) is 0 Å². The zero-order chi connectivity index (χ0) is 28.9. The fourth-order valence-electron chi connectivity index (χ4n) is 4.89. The number of ether oxygens (including phenoxy) is 1. The highest BCUT2D eigenvalue weighted by Gasteiger charge is 2.32. The van der Waals surface area contributed by atoms with Gasteiger partial charge in [-0.05, 0) is 68.8 Å². The first kappa shape index (κ1) is 27.0. The molecule has 5 aromatic rings. The van der Waals surface area contributed by atoms with Crippen LogP contribution in [0.2, 0.25) is 0 Å². The van der Waals surface area contributed by atoms with Crippen molar-refractivity contribution >= 4 is 33.5 Å². The van der Waals surface area contributed by atoms with Crippen LogP contribution in [0.4, 0.5) is 18.9 Å². The minimum absolute atomic E-state index is 0.152. The van der Waals surface area contributed by atoms with E-state index in [1.54, 1.807) is 24.6 Å². The molecule has 2 heterocycles. The molecule has 0 aliphatic carbocycles. The molecule has 0 amide bonds. The summed E-state index contributed by atoms with van der Waals surface area (Å²) in [6, 6.07) is 11.5. The second-order valence-corrected chi connectivity index (χ2v) is 9.81. The first-order valence-corrected chi connectivity index (χ1v) is 12.4. The number of aryl methyl sites for hydroxylation is 2. The van der Waals surface area contributed by atoms with Crippen molar-refractivity contribution < 1.29 is 27.1 Å². The minimum atomic E-state index is -4.63. The van der Waals surface area contributed by atoms with Crippen LogP contribution in [-0.4, -0.2) is 22.9 Å². The highest BCUT2D eigenvalue weighted by atomic mass is 19.4. The van der Waals surface area contributed by atoms with Crippen LogP contribution in [0.5, 0.6) is 0 Å². The fourth-order valence-corrected chi connectivity index (χ4v) is 4.89. The van der Waals surface area contributed by atoms with Gasteiger partial charge in [-0.25, -0.2) is 4.79 Å².